The Balaban J connectivity index is 1.25. The molecular formula is C27H28N2O4. The molecule has 3 aromatic rings. The predicted octanol–water partition coefficient (Wildman–Crippen LogP) is 3.66. The lowest BCUT2D eigenvalue weighted by Crippen LogP contribution is -2.36. The SMILES string of the molecule is O=C(COC(=O)c1ccc(-c2ccccc2)cc1)NCc1ccccc1CN1CCOCC1. The summed E-state index contributed by atoms with van der Waals surface area (Å²) in [6.45, 7) is 4.21. The molecule has 1 aliphatic rings. The van der Waals surface area contributed by atoms with Crippen molar-refractivity contribution in [3.63, 3.8) is 0 Å². The van der Waals surface area contributed by atoms with Crippen LogP contribution < -0.4 is 5.32 Å². The molecule has 1 aliphatic heterocycles. The van der Waals surface area contributed by atoms with E-state index in [-0.39, 0.29) is 12.5 Å². The van der Waals surface area contributed by atoms with Gasteiger partial charge in [-0.1, -0.05) is 66.7 Å². The van der Waals surface area contributed by atoms with Crippen LogP contribution in [-0.4, -0.2) is 49.7 Å². The molecule has 0 aliphatic carbocycles. The summed E-state index contributed by atoms with van der Waals surface area (Å²) in [6, 6.07) is 25.1. The molecule has 6 heteroatoms. The first-order chi connectivity index (χ1) is 16.2. The van der Waals surface area contributed by atoms with Crippen molar-refractivity contribution in [3.05, 3.63) is 95.6 Å². The third-order valence-corrected chi connectivity index (χ3v) is 5.65. The molecule has 3 aromatic carbocycles. The van der Waals surface area contributed by atoms with Crippen molar-refractivity contribution in [2.45, 2.75) is 13.1 Å². The summed E-state index contributed by atoms with van der Waals surface area (Å²) >= 11 is 0. The molecule has 0 unspecified atom stereocenters. The average molecular weight is 445 g/mol. The zero-order chi connectivity index (χ0) is 22.9. The van der Waals surface area contributed by atoms with Crippen molar-refractivity contribution < 1.29 is 19.1 Å². The summed E-state index contributed by atoms with van der Waals surface area (Å²) in [4.78, 5) is 26.9. The maximum Gasteiger partial charge on any atom is 0.338 e. The Labute approximate surface area is 194 Å². The minimum atomic E-state index is -0.516. The van der Waals surface area contributed by atoms with E-state index in [1.54, 1.807) is 12.1 Å². The number of carbonyl (C=O) groups excluding carboxylic acids is 2. The monoisotopic (exact) mass is 444 g/mol. The Morgan fingerprint density at radius 2 is 1.45 bits per heavy atom. The zero-order valence-electron chi connectivity index (χ0n) is 18.5. The van der Waals surface area contributed by atoms with E-state index in [1.165, 1.54) is 5.56 Å². The molecule has 6 nitrogen and oxygen atoms in total. The maximum atomic E-state index is 12.3. The van der Waals surface area contributed by atoms with Gasteiger partial charge in [0.2, 0.25) is 0 Å². The van der Waals surface area contributed by atoms with Gasteiger partial charge in [0.15, 0.2) is 6.61 Å². The average Bonchev–Trinajstić information content (AvgIpc) is 2.88. The Kier molecular flexibility index (Phi) is 7.85. The summed E-state index contributed by atoms with van der Waals surface area (Å²) in [5, 5.41) is 2.85. The van der Waals surface area contributed by atoms with Gasteiger partial charge in [-0.25, -0.2) is 4.79 Å². The molecule has 170 valence electrons. The van der Waals surface area contributed by atoms with E-state index in [0.717, 1.165) is 49.5 Å². The Bertz CT molecular complexity index is 1060. The fourth-order valence-corrected chi connectivity index (χ4v) is 3.77. The van der Waals surface area contributed by atoms with Crippen molar-refractivity contribution in [1.82, 2.24) is 10.2 Å². The van der Waals surface area contributed by atoms with Gasteiger partial charge in [0, 0.05) is 26.2 Å². The molecule has 1 saturated heterocycles. The largest absolute Gasteiger partial charge is 0.452 e. The fourth-order valence-electron chi connectivity index (χ4n) is 3.77. The van der Waals surface area contributed by atoms with Crippen LogP contribution in [0.2, 0.25) is 0 Å². The molecule has 4 rings (SSSR count). The van der Waals surface area contributed by atoms with Crippen molar-refractivity contribution in [3.8, 4) is 11.1 Å². The molecule has 0 aromatic heterocycles. The van der Waals surface area contributed by atoms with Crippen LogP contribution in [0.3, 0.4) is 0 Å². The van der Waals surface area contributed by atoms with Gasteiger partial charge in [0.1, 0.15) is 0 Å². The first-order valence-corrected chi connectivity index (χ1v) is 11.2. The number of amides is 1. The van der Waals surface area contributed by atoms with E-state index in [0.29, 0.717) is 12.1 Å². The van der Waals surface area contributed by atoms with E-state index >= 15 is 0 Å². The van der Waals surface area contributed by atoms with Crippen molar-refractivity contribution in [1.29, 1.82) is 0 Å². The first-order valence-electron chi connectivity index (χ1n) is 11.2. The van der Waals surface area contributed by atoms with Gasteiger partial charge in [0.25, 0.3) is 5.91 Å². The van der Waals surface area contributed by atoms with Crippen LogP contribution in [0.25, 0.3) is 11.1 Å². The maximum absolute atomic E-state index is 12.3. The van der Waals surface area contributed by atoms with Crippen LogP contribution in [0.1, 0.15) is 21.5 Å². The molecule has 0 atom stereocenters. The predicted molar refractivity (Wildman–Crippen MR) is 127 cm³/mol. The van der Waals surface area contributed by atoms with Gasteiger partial charge in [0.05, 0.1) is 18.8 Å². The molecular weight excluding hydrogens is 416 g/mol. The minimum absolute atomic E-state index is 0.315. The van der Waals surface area contributed by atoms with Crippen molar-refractivity contribution in [2.24, 2.45) is 0 Å². The molecule has 0 radical (unpaired) electrons. The lowest BCUT2D eigenvalue weighted by molar-refractivity contribution is -0.124. The van der Waals surface area contributed by atoms with Gasteiger partial charge < -0.3 is 14.8 Å². The lowest BCUT2D eigenvalue weighted by atomic mass is 10.0. The molecule has 1 amide bonds. The highest BCUT2D eigenvalue weighted by atomic mass is 16.5. The van der Waals surface area contributed by atoms with Gasteiger partial charge >= 0.3 is 5.97 Å². The van der Waals surface area contributed by atoms with Crippen molar-refractivity contribution >= 4 is 11.9 Å². The highest BCUT2D eigenvalue weighted by Crippen LogP contribution is 2.19. The molecule has 1 fully saturated rings. The van der Waals surface area contributed by atoms with Gasteiger partial charge in [-0.15, -0.1) is 0 Å². The molecule has 1 N–H and O–H groups in total. The minimum Gasteiger partial charge on any atom is -0.452 e. The summed E-state index contributed by atoms with van der Waals surface area (Å²) in [6.07, 6.45) is 0. The second-order valence-corrected chi connectivity index (χ2v) is 7.95. The number of esters is 1. The van der Waals surface area contributed by atoms with E-state index in [2.05, 4.69) is 16.3 Å². The number of rotatable bonds is 8. The normalized spacial score (nSPS) is 13.9. The number of ether oxygens (including phenoxy) is 2. The highest BCUT2D eigenvalue weighted by Gasteiger charge is 2.14. The Morgan fingerprint density at radius 1 is 0.818 bits per heavy atom. The molecule has 0 spiro atoms. The summed E-state index contributed by atoms with van der Waals surface area (Å²) in [7, 11) is 0. The second-order valence-electron chi connectivity index (χ2n) is 7.95. The van der Waals surface area contributed by atoms with Crippen LogP contribution in [0.5, 0.6) is 0 Å². The smallest absolute Gasteiger partial charge is 0.338 e. The molecule has 0 saturated carbocycles. The van der Waals surface area contributed by atoms with Crippen LogP contribution >= 0.6 is 0 Å². The lowest BCUT2D eigenvalue weighted by Gasteiger charge is -2.27. The molecule has 0 bridgehead atoms. The third kappa shape index (κ3) is 6.51. The summed E-state index contributed by atoms with van der Waals surface area (Å²) in [5.41, 5.74) is 4.74. The summed E-state index contributed by atoms with van der Waals surface area (Å²) in [5.74, 6) is -0.845. The van der Waals surface area contributed by atoms with E-state index < -0.39 is 5.97 Å². The topological polar surface area (TPSA) is 67.9 Å². The first kappa shape index (κ1) is 22.7. The Hall–Kier alpha value is -3.48. The number of hydrogen-bond donors (Lipinski definition) is 1. The standard InChI is InChI=1S/C27H28N2O4/c30-26(28-18-24-8-4-5-9-25(24)19-29-14-16-32-17-15-29)20-33-27(31)23-12-10-22(11-13-23)21-6-2-1-3-7-21/h1-13H,14-20H2,(H,28,30). The van der Waals surface area contributed by atoms with Crippen LogP contribution in [0.4, 0.5) is 0 Å². The Morgan fingerprint density at radius 3 is 2.18 bits per heavy atom. The number of nitrogens with zero attached hydrogens (tertiary/aromatic N) is 1. The number of morpholine rings is 1. The van der Waals surface area contributed by atoms with Gasteiger partial charge in [-0.05, 0) is 34.4 Å². The van der Waals surface area contributed by atoms with E-state index in [1.807, 2.05) is 60.7 Å². The number of nitrogens with one attached hydrogen (secondary N) is 1. The van der Waals surface area contributed by atoms with Crippen LogP contribution in [-0.2, 0) is 27.4 Å². The van der Waals surface area contributed by atoms with Crippen LogP contribution in [0.15, 0.2) is 78.9 Å². The fraction of sp³-hybridized carbons (Fsp3) is 0.259. The van der Waals surface area contributed by atoms with Crippen LogP contribution in [0, 0.1) is 0 Å². The van der Waals surface area contributed by atoms with Crippen molar-refractivity contribution in [2.75, 3.05) is 32.9 Å². The van der Waals surface area contributed by atoms with Gasteiger partial charge in [-0.3, -0.25) is 9.69 Å². The van der Waals surface area contributed by atoms with Gasteiger partial charge in [-0.2, -0.15) is 0 Å². The molecule has 33 heavy (non-hydrogen) atoms. The number of hydrogen-bond acceptors (Lipinski definition) is 5. The quantitative estimate of drug-likeness (QED) is 0.537. The summed E-state index contributed by atoms with van der Waals surface area (Å²) < 4.78 is 10.6. The number of carbonyl (C=O) groups is 2. The molecule has 1 heterocycles. The van der Waals surface area contributed by atoms with E-state index in [4.69, 9.17) is 9.47 Å². The third-order valence-electron chi connectivity index (χ3n) is 5.65. The zero-order valence-corrected chi connectivity index (χ0v) is 18.5. The second kappa shape index (κ2) is 11.4. The highest BCUT2D eigenvalue weighted by molar-refractivity contribution is 5.91. The van der Waals surface area contributed by atoms with E-state index in [9.17, 15) is 9.59 Å². The number of benzene rings is 3.